The molecule has 0 aliphatic heterocycles. The third-order valence-corrected chi connectivity index (χ3v) is 4.34. The molecular formula is C18H12Cl6O7P-3. The van der Waals surface area contributed by atoms with Crippen LogP contribution in [-0.4, -0.2) is 15.3 Å². The number of benzene rings is 3. The molecule has 3 aromatic carbocycles. The van der Waals surface area contributed by atoms with Gasteiger partial charge in [-0.2, -0.15) is 7.82 Å². The van der Waals surface area contributed by atoms with Crippen molar-refractivity contribution in [3.05, 3.63) is 84.7 Å². The molecule has 0 aliphatic rings. The van der Waals surface area contributed by atoms with E-state index in [9.17, 15) is 0 Å². The van der Waals surface area contributed by atoms with Crippen LogP contribution in [0.5, 0.6) is 17.2 Å². The summed E-state index contributed by atoms with van der Waals surface area (Å²) in [6, 6.07) is 13.5. The van der Waals surface area contributed by atoms with Crippen molar-refractivity contribution in [3.63, 3.8) is 0 Å². The van der Waals surface area contributed by atoms with Crippen molar-refractivity contribution in [2.75, 3.05) is 0 Å². The zero-order chi connectivity index (χ0) is 25.1. The minimum Gasteiger partial charge on any atom is -0.822 e. The molecular weight excluding hydrogens is 572 g/mol. The van der Waals surface area contributed by atoms with Crippen LogP contribution in [0.15, 0.2) is 54.6 Å². The van der Waals surface area contributed by atoms with Gasteiger partial charge in [-0.05, 0) is 54.6 Å². The van der Waals surface area contributed by atoms with Gasteiger partial charge in [-0.3, -0.25) is 0 Å². The largest absolute Gasteiger partial charge is 0.822 e. The lowest BCUT2D eigenvalue weighted by atomic mass is 10.3. The number of phenolic OH excluding ortho intramolecular Hbond substituents is 3. The fourth-order valence-electron chi connectivity index (χ4n) is 1.44. The molecule has 0 radical (unpaired) electrons. The van der Waals surface area contributed by atoms with Gasteiger partial charge in [0, 0.05) is 15.1 Å². The summed E-state index contributed by atoms with van der Waals surface area (Å²) in [7, 11) is -5.39. The molecule has 0 aliphatic carbocycles. The van der Waals surface area contributed by atoms with Gasteiger partial charge in [0.05, 0.1) is 15.1 Å². The molecule has 3 N–H and O–H groups in total. The predicted molar refractivity (Wildman–Crippen MR) is 122 cm³/mol. The van der Waals surface area contributed by atoms with Crippen molar-refractivity contribution in [1.82, 2.24) is 0 Å². The summed E-state index contributed by atoms with van der Waals surface area (Å²) in [5.74, 6) is 0.170. The average molecular weight is 584 g/mol. The third kappa shape index (κ3) is 15.7. The molecule has 0 amide bonds. The van der Waals surface area contributed by atoms with E-state index in [1.54, 1.807) is 18.2 Å². The first kappa shape index (κ1) is 30.9. The van der Waals surface area contributed by atoms with Crippen molar-refractivity contribution in [2.24, 2.45) is 0 Å². The van der Waals surface area contributed by atoms with Crippen LogP contribution in [-0.2, 0) is 4.57 Å². The van der Waals surface area contributed by atoms with Crippen molar-refractivity contribution < 1.29 is 34.6 Å². The maximum Gasteiger partial charge on any atom is 0.134 e. The standard InChI is InChI=1S/3C6H4Cl2O.H3O4P/c3*7-4-1-2-6(9)5(8)3-4;1-5(2,3)4/h3*1-3,9H;(H3,1,2,3,4)/p-3. The fraction of sp³-hybridized carbons (Fsp3) is 0. The van der Waals surface area contributed by atoms with Crippen LogP contribution in [0.1, 0.15) is 0 Å². The van der Waals surface area contributed by atoms with Crippen LogP contribution >= 0.6 is 77.4 Å². The highest BCUT2D eigenvalue weighted by atomic mass is 35.5. The second-order valence-electron chi connectivity index (χ2n) is 5.23. The Labute approximate surface area is 213 Å². The zero-order valence-electron chi connectivity index (χ0n) is 15.4. The smallest absolute Gasteiger partial charge is 0.134 e. The van der Waals surface area contributed by atoms with E-state index in [1.165, 1.54) is 36.4 Å². The Morgan fingerprint density at radius 3 is 0.844 bits per heavy atom. The van der Waals surface area contributed by atoms with E-state index in [-0.39, 0.29) is 32.3 Å². The Morgan fingerprint density at radius 1 is 0.531 bits per heavy atom. The van der Waals surface area contributed by atoms with E-state index in [1.807, 2.05) is 0 Å². The summed E-state index contributed by atoms with van der Waals surface area (Å²) < 4.78 is 8.55. The maximum absolute atomic E-state index is 8.85. The van der Waals surface area contributed by atoms with Crippen LogP contribution in [0.25, 0.3) is 0 Å². The molecule has 0 spiro atoms. The first-order chi connectivity index (χ1) is 14.6. The molecule has 3 rings (SSSR count). The van der Waals surface area contributed by atoms with Crippen LogP contribution in [0.3, 0.4) is 0 Å². The molecule has 32 heavy (non-hydrogen) atoms. The summed E-state index contributed by atoms with van der Waals surface area (Å²) in [6.45, 7) is 0. The van der Waals surface area contributed by atoms with Gasteiger partial charge in [-0.25, -0.2) is 0 Å². The van der Waals surface area contributed by atoms with E-state index in [4.69, 9.17) is 104 Å². The minimum atomic E-state index is -5.39. The quantitative estimate of drug-likeness (QED) is 0.305. The van der Waals surface area contributed by atoms with Gasteiger partial charge in [-0.15, -0.1) is 0 Å². The van der Waals surface area contributed by atoms with Crippen LogP contribution in [0.2, 0.25) is 30.1 Å². The van der Waals surface area contributed by atoms with E-state index in [2.05, 4.69) is 0 Å². The summed E-state index contributed by atoms with van der Waals surface area (Å²) in [5, 5.41) is 29.0. The second kappa shape index (κ2) is 14.9. The summed E-state index contributed by atoms with van der Waals surface area (Å²) >= 11 is 33.0. The number of phenols is 3. The first-order valence-corrected chi connectivity index (χ1v) is 11.5. The molecule has 0 bridgehead atoms. The number of rotatable bonds is 0. The molecule has 0 saturated carbocycles. The topological polar surface area (TPSA) is 147 Å². The van der Waals surface area contributed by atoms with E-state index in [0.29, 0.717) is 15.1 Å². The van der Waals surface area contributed by atoms with Gasteiger partial charge in [0.2, 0.25) is 0 Å². The fourth-order valence-corrected chi connectivity index (χ4v) is 2.67. The number of hydrogen-bond acceptors (Lipinski definition) is 7. The zero-order valence-corrected chi connectivity index (χ0v) is 20.8. The van der Waals surface area contributed by atoms with E-state index in [0.717, 1.165) is 0 Å². The van der Waals surface area contributed by atoms with E-state index < -0.39 is 7.82 Å². The number of aromatic hydroxyl groups is 3. The van der Waals surface area contributed by atoms with Gasteiger partial charge in [0.1, 0.15) is 17.2 Å². The molecule has 0 saturated heterocycles. The molecule has 0 fully saturated rings. The number of phosphoric acid groups is 1. The lowest BCUT2D eigenvalue weighted by Crippen LogP contribution is -2.24. The SMILES string of the molecule is O=P([O-])([O-])[O-].Oc1ccc(Cl)cc1Cl.Oc1ccc(Cl)cc1Cl.Oc1ccc(Cl)cc1Cl. The Morgan fingerprint density at radius 2 is 0.719 bits per heavy atom. The number of hydrogen-bond donors (Lipinski definition) is 3. The van der Waals surface area contributed by atoms with Crippen LogP contribution in [0.4, 0.5) is 0 Å². The Balaban J connectivity index is 0.000000410. The molecule has 7 nitrogen and oxygen atoms in total. The summed E-state index contributed by atoms with van der Waals surface area (Å²) in [4.78, 5) is 25.6. The minimum absolute atomic E-state index is 0.0565. The molecule has 0 atom stereocenters. The average Bonchev–Trinajstić information content (AvgIpc) is 2.65. The maximum atomic E-state index is 8.85. The molecule has 3 aromatic rings. The third-order valence-electron chi connectivity index (χ3n) is 2.73. The lowest BCUT2D eigenvalue weighted by molar-refractivity contribution is -0.432. The van der Waals surface area contributed by atoms with Crippen molar-refractivity contribution >= 4 is 77.4 Å². The summed E-state index contributed by atoms with van der Waals surface area (Å²) in [5.41, 5.74) is 0. The molecule has 0 heterocycles. The monoisotopic (exact) mass is 581 g/mol. The lowest BCUT2D eigenvalue weighted by Gasteiger charge is -2.36. The van der Waals surface area contributed by atoms with Crippen LogP contribution in [0, 0.1) is 0 Å². The highest BCUT2D eigenvalue weighted by Gasteiger charge is 1.97. The van der Waals surface area contributed by atoms with Crippen molar-refractivity contribution in [2.45, 2.75) is 0 Å². The molecule has 14 heteroatoms. The predicted octanol–water partition coefficient (Wildman–Crippen LogP) is 5.27. The second-order valence-corrected chi connectivity index (χ2v) is 8.66. The molecule has 0 unspecified atom stereocenters. The van der Waals surface area contributed by atoms with E-state index >= 15 is 0 Å². The normalized spacial score (nSPS) is 9.91. The highest BCUT2D eigenvalue weighted by molar-refractivity contribution is 7.40. The Hall–Kier alpha value is -1.09. The molecule has 176 valence electrons. The highest BCUT2D eigenvalue weighted by Crippen LogP contribution is 2.27. The first-order valence-electron chi connectivity index (χ1n) is 7.75. The Bertz CT molecular complexity index is 936. The van der Waals surface area contributed by atoms with Gasteiger partial charge in [0.15, 0.2) is 0 Å². The summed E-state index contributed by atoms with van der Waals surface area (Å²) in [6.07, 6.45) is 0. The van der Waals surface area contributed by atoms with Crippen LogP contribution < -0.4 is 14.7 Å². The Kier molecular flexibility index (Phi) is 14.4. The van der Waals surface area contributed by atoms with Gasteiger partial charge in [-0.1, -0.05) is 69.6 Å². The number of halogens is 6. The van der Waals surface area contributed by atoms with Crippen molar-refractivity contribution in [1.29, 1.82) is 0 Å². The molecule has 0 aromatic heterocycles. The van der Waals surface area contributed by atoms with Gasteiger partial charge < -0.3 is 34.6 Å². The van der Waals surface area contributed by atoms with Gasteiger partial charge in [0.25, 0.3) is 0 Å². The van der Waals surface area contributed by atoms with Gasteiger partial charge >= 0.3 is 0 Å². The van der Waals surface area contributed by atoms with Crippen molar-refractivity contribution in [3.8, 4) is 17.2 Å².